The molecule has 0 aliphatic carbocycles. The maximum Gasteiger partial charge on any atom is 0.320 e. The molecule has 6 heteroatoms. The zero-order valence-corrected chi connectivity index (χ0v) is 8.26. The van der Waals surface area contributed by atoms with Gasteiger partial charge in [-0.3, -0.25) is 4.79 Å². The molecule has 0 aliphatic heterocycles. The van der Waals surface area contributed by atoms with Crippen LogP contribution < -0.4 is 11.1 Å². The smallest absolute Gasteiger partial charge is 0.320 e. The molecule has 1 aromatic rings. The molecule has 0 saturated heterocycles. The van der Waals surface area contributed by atoms with Gasteiger partial charge >= 0.3 is 5.97 Å². The quantitative estimate of drug-likeness (QED) is 0.540. The SMILES string of the molecule is N[C@@H](CCNCc1ncccn1)C(=O)O. The molecule has 0 bridgehead atoms. The molecule has 0 amide bonds. The van der Waals surface area contributed by atoms with Crippen LogP contribution >= 0.6 is 0 Å². The van der Waals surface area contributed by atoms with Crippen molar-refractivity contribution in [2.24, 2.45) is 5.73 Å². The first kappa shape index (κ1) is 11.5. The Kier molecular flexibility index (Phi) is 4.65. The highest BCUT2D eigenvalue weighted by Crippen LogP contribution is 1.89. The number of hydrogen-bond acceptors (Lipinski definition) is 5. The van der Waals surface area contributed by atoms with Crippen LogP contribution in [0.15, 0.2) is 18.5 Å². The summed E-state index contributed by atoms with van der Waals surface area (Å²) in [5.41, 5.74) is 5.33. The number of nitrogens with two attached hydrogens (primary N) is 1. The highest BCUT2D eigenvalue weighted by molar-refractivity contribution is 5.72. The average molecular weight is 210 g/mol. The number of carbonyl (C=O) groups is 1. The van der Waals surface area contributed by atoms with Crippen molar-refractivity contribution in [2.45, 2.75) is 19.0 Å². The van der Waals surface area contributed by atoms with Crippen molar-refractivity contribution in [2.75, 3.05) is 6.54 Å². The highest BCUT2D eigenvalue weighted by Gasteiger charge is 2.09. The zero-order chi connectivity index (χ0) is 11.1. The summed E-state index contributed by atoms with van der Waals surface area (Å²) in [6.07, 6.45) is 3.71. The third kappa shape index (κ3) is 4.48. The number of rotatable bonds is 6. The van der Waals surface area contributed by atoms with Crippen LogP contribution in [0.2, 0.25) is 0 Å². The number of hydrogen-bond donors (Lipinski definition) is 3. The van der Waals surface area contributed by atoms with Gasteiger partial charge in [0, 0.05) is 12.4 Å². The molecule has 0 fully saturated rings. The minimum absolute atomic E-state index is 0.391. The lowest BCUT2D eigenvalue weighted by Crippen LogP contribution is -2.33. The molecule has 0 aromatic carbocycles. The number of nitrogens with one attached hydrogen (secondary N) is 1. The minimum atomic E-state index is -0.979. The summed E-state index contributed by atoms with van der Waals surface area (Å²) in [5.74, 6) is -0.297. The second-order valence-corrected chi connectivity index (χ2v) is 3.08. The lowest BCUT2D eigenvalue weighted by Gasteiger charge is -2.06. The van der Waals surface area contributed by atoms with Gasteiger partial charge in [0.25, 0.3) is 0 Å². The van der Waals surface area contributed by atoms with Crippen molar-refractivity contribution in [3.8, 4) is 0 Å². The van der Waals surface area contributed by atoms with Gasteiger partial charge < -0.3 is 16.2 Å². The van der Waals surface area contributed by atoms with E-state index in [-0.39, 0.29) is 0 Å². The highest BCUT2D eigenvalue weighted by atomic mass is 16.4. The van der Waals surface area contributed by atoms with Crippen LogP contribution in [0.4, 0.5) is 0 Å². The fourth-order valence-corrected chi connectivity index (χ4v) is 1.00. The topological polar surface area (TPSA) is 101 Å². The molecule has 1 aromatic heterocycles. The lowest BCUT2D eigenvalue weighted by molar-refractivity contribution is -0.138. The van der Waals surface area contributed by atoms with Crippen molar-refractivity contribution in [1.82, 2.24) is 15.3 Å². The normalized spacial score (nSPS) is 12.3. The molecule has 82 valence electrons. The van der Waals surface area contributed by atoms with E-state index in [4.69, 9.17) is 10.8 Å². The van der Waals surface area contributed by atoms with Gasteiger partial charge in [0.15, 0.2) is 0 Å². The second-order valence-electron chi connectivity index (χ2n) is 3.08. The van der Waals surface area contributed by atoms with E-state index in [1.54, 1.807) is 18.5 Å². The fraction of sp³-hybridized carbons (Fsp3) is 0.444. The first-order chi connectivity index (χ1) is 7.20. The third-order valence-electron chi connectivity index (χ3n) is 1.85. The summed E-state index contributed by atoms with van der Waals surface area (Å²) in [5, 5.41) is 11.5. The van der Waals surface area contributed by atoms with Crippen molar-refractivity contribution in [3.05, 3.63) is 24.3 Å². The molecular weight excluding hydrogens is 196 g/mol. The molecule has 1 atom stereocenters. The van der Waals surface area contributed by atoms with E-state index < -0.39 is 12.0 Å². The molecule has 1 heterocycles. The Morgan fingerprint density at radius 1 is 1.53 bits per heavy atom. The van der Waals surface area contributed by atoms with Crippen LogP contribution in [-0.2, 0) is 11.3 Å². The van der Waals surface area contributed by atoms with Crippen molar-refractivity contribution in [1.29, 1.82) is 0 Å². The molecule has 0 spiro atoms. The van der Waals surface area contributed by atoms with E-state index in [0.29, 0.717) is 25.3 Å². The summed E-state index contributed by atoms with van der Waals surface area (Å²) >= 11 is 0. The number of nitrogens with zero attached hydrogens (tertiary/aromatic N) is 2. The monoisotopic (exact) mass is 210 g/mol. The lowest BCUT2D eigenvalue weighted by atomic mass is 10.2. The van der Waals surface area contributed by atoms with Crippen LogP contribution in [-0.4, -0.2) is 33.6 Å². The van der Waals surface area contributed by atoms with E-state index in [1.165, 1.54) is 0 Å². The molecule has 4 N–H and O–H groups in total. The van der Waals surface area contributed by atoms with Crippen molar-refractivity contribution < 1.29 is 9.90 Å². The fourth-order valence-electron chi connectivity index (χ4n) is 1.00. The Bertz CT molecular complexity index is 304. The molecule has 1 rings (SSSR count). The van der Waals surface area contributed by atoms with E-state index >= 15 is 0 Å². The first-order valence-corrected chi connectivity index (χ1v) is 4.65. The van der Waals surface area contributed by atoms with Gasteiger partial charge in [-0.25, -0.2) is 9.97 Å². The van der Waals surface area contributed by atoms with Gasteiger partial charge in [-0.2, -0.15) is 0 Å². The summed E-state index contributed by atoms with van der Waals surface area (Å²) in [6, 6.07) is 0.929. The van der Waals surface area contributed by atoms with Crippen molar-refractivity contribution in [3.63, 3.8) is 0 Å². The molecule has 0 saturated carbocycles. The number of aromatic nitrogens is 2. The van der Waals surface area contributed by atoms with Gasteiger partial charge in [0.2, 0.25) is 0 Å². The first-order valence-electron chi connectivity index (χ1n) is 4.65. The maximum absolute atomic E-state index is 10.4. The van der Waals surface area contributed by atoms with Gasteiger partial charge in [-0.15, -0.1) is 0 Å². The van der Waals surface area contributed by atoms with E-state index in [1.807, 2.05) is 0 Å². The molecule has 0 radical (unpaired) electrons. The Hall–Kier alpha value is -1.53. The van der Waals surface area contributed by atoms with E-state index in [9.17, 15) is 4.79 Å². The zero-order valence-electron chi connectivity index (χ0n) is 8.26. The van der Waals surface area contributed by atoms with Gasteiger partial charge in [-0.05, 0) is 19.0 Å². The Labute approximate surface area is 87.5 Å². The summed E-state index contributed by atoms with van der Waals surface area (Å²) in [7, 11) is 0. The average Bonchev–Trinajstić information content (AvgIpc) is 2.25. The Balaban J connectivity index is 2.15. The predicted molar refractivity (Wildman–Crippen MR) is 54.0 cm³/mol. The predicted octanol–water partition coefficient (Wildman–Crippen LogP) is -0.632. The number of aliphatic carboxylic acids is 1. The number of carboxylic acids is 1. The molecule has 15 heavy (non-hydrogen) atoms. The third-order valence-corrected chi connectivity index (χ3v) is 1.85. The van der Waals surface area contributed by atoms with Crippen LogP contribution in [0.1, 0.15) is 12.2 Å². The van der Waals surface area contributed by atoms with Crippen LogP contribution in [0, 0.1) is 0 Å². The standard InChI is InChI=1S/C9H14N4O2/c10-7(9(14)15)2-5-11-6-8-12-3-1-4-13-8/h1,3-4,7,11H,2,5-6,10H2,(H,14,15)/t7-/m0/s1. The summed E-state index contributed by atoms with van der Waals surface area (Å²) in [4.78, 5) is 18.4. The van der Waals surface area contributed by atoms with Crippen molar-refractivity contribution >= 4 is 5.97 Å². The molecule has 6 nitrogen and oxygen atoms in total. The van der Waals surface area contributed by atoms with Gasteiger partial charge in [0.05, 0.1) is 6.54 Å². The van der Waals surface area contributed by atoms with Crippen LogP contribution in [0.25, 0.3) is 0 Å². The summed E-state index contributed by atoms with van der Waals surface area (Å²) in [6.45, 7) is 1.05. The molecule has 0 unspecified atom stereocenters. The second kappa shape index (κ2) is 6.05. The minimum Gasteiger partial charge on any atom is -0.480 e. The Morgan fingerprint density at radius 2 is 2.20 bits per heavy atom. The Morgan fingerprint density at radius 3 is 2.80 bits per heavy atom. The summed E-state index contributed by atoms with van der Waals surface area (Å²) < 4.78 is 0. The molecule has 0 aliphatic rings. The number of carboxylic acid groups (broad SMARTS) is 1. The van der Waals surface area contributed by atoms with Crippen LogP contribution in [0.5, 0.6) is 0 Å². The molecular formula is C9H14N4O2. The van der Waals surface area contributed by atoms with Crippen LogP contribution in [0.3, 0.4) is 0 Å². The van der Waals surface area contributed by atoms with Gasteiger partial charge in [-0.1, -0.05) is 0 Å². The van der Waals surface area contributed by atoms with E-state index in [2.05, 4.69) is 15.3 Å². The largest absolute Gasteiger partial charge is 0.480 e. The maximum atomic E-state index is 10.4. The van der Waals surface area contributed by atoms with E-state index in [0.717, 1.165) is 0 Å². The van der Waals surface area contributed by atoms with Gasteiger partial charge in [0.1, 0.15) is 11.9 Å².